The molecular formula is C11H10ClFN2O. The lowest BCUT2D eigenvalue weighted by Crippen LogP contribution is -2.28. The van der Waals surface area contributed by atoms with E-state index in [0.717, 1.165) is 6.07 Å². The molecule has 1 rings (SSSR count). The van der Waals surface area contributed by atoms with Crippen LogP contribution in [0.1, 0.15) is 0 Å². The molecule has 2 N–H and O–H groups in total. The molecule has 0 aromatic heterocycles. The van der Waals surface area contributed by atoms with Crippen LogP contribution in [0.3, 0.4) is 0 Å². The minimum atomic E-state index is -0.451. The van der Waals surface area contributed by atoms with Crippen LogP contribution in [0.5, 0.6) is 0 Å². The third kappa shape index (κ3) is 3.89. The van der Waals surface area contributed by atoms with E-state index in [1.165, 1.54) is 12.1 Å². The summed E-state index contributed by atoms with van der Waals surface area (Å²) in [5.74, 6) is 1.60. The van der Waals surface area contributed by atoms with E-state index in [-0.39, 0.29) is 17.5 Å². The van der Waals surface area contributed by atoms with Crippen molar-refractivity contribution in [3.05, 3.63) is 29.0 Å². The van der Waals surface area contributed by atoms with E-state index < -0.39 is 5.82 Å². The lowest BCUT2D eigenvalue weighted by Gasteiger charge is -2.07. The average Bonchev–Trinajstić information content (AvgIpc) is 2.23. The van der Waals surface area contributed by atoms with Crippen molar-refractivity contribution in [2.75, 3.05) is 18.4 Å². The number of benzene rings is 1. The van der Waals surface area contributed by atoms with Gasteiger partial charge < -0.3 is 5.32 Å². The molecule has 16 heavy (non-hydrogen) atoms. The standard InChI is InChI=1S/C11H10ClFN2O/c1-2-5-14-7-11(16)15-10-4-3-8(13)6-9(10)12/h1,3-4,6,14H,5,7H2,(H,15,16). The van der Waals surface area contributed by atoms with E-state index in [0.29, 0.717) is 12.2 Å². The maximum Gasteiger partial charge on any atom is 0.238 e. The van der Waals surface area contributed by atoms with E-state index >= 15 is 0 Å². The van der Waals surface area contributed by atoms with Gasteiger partial charge in [-0.2, -0.15) is 0 Å². The second kappa shape index (κ2) is 6.11. The topological polar surface area (TPSA) is 41.1 Å². The number of anilines is 1. The van der Waals surface area contributed by atoms with Gasteiger partial charge in [-0.1, -0.05) is 17.5 Å². The molecule has 5 heteroatoms. The van der Waals surface area contributed by atoms with E-state index in [9.17, 15) is 9.18 Å². The molecule has 84 valence electrons. The number of hydrogen-bond donors (Lipinski definition) is 2. The van der Waals surface area contributed by atoms with Crippen molar-refractivity contribution in [2.24, 2.45) is 0 Å². The Hall–Kier alpha value is -1.57. The predicted molar refractivity (Wildman–Crippen MR) is 61.7 cm³/mol. The van der Waals surface area contributed by atoms with Crippen molar-refractivity contribution in [3.63, 3.8) is 0 Å². The molecule has 0 aliphatic carbocycles. The molecule has 1 aromatic rings. The van der Waals surface area contributed by atoms with Gasteiger partial charge in [0.1, 0.15) is 5.82 Å². The summed E-state index contributed by atoms with van der Waals surface area (Å²) in [6, 6.07) is 3.75. The van der Waals surface area contributed by atoms with Crippen molar-refractivity contribution in [1.29, 1.82) is 0 Å². The van der Waals surface area contributed by atoms with Gasteiger partial charge in [-0.15, -0.1) is 6.42 Å². The molecule has 0 heterocycles. The van der Waals surface area contributed by atoms with Gasteiger partial charge in [0.15, 0.2) is 0 Å². The van der Waals surface area contributed by atoms with Crippen LogP contribution in [-0.2, 0) is 4.79 Å². The molecule has 0 atom stereocenters. The SMILES string of the molecule is C#CCNCC(=O)Nc1ccc(F)cc1Cl. The van der Waals surface area contributed by atoms with Crippen LogP contribution in [0, 0.1) is 18.2 Å². The molecule has 1 amide bonds. The first-order chi connectivity index (χ1) is 7.63. The summed E-state index contributed by atoms with van der Waals surface area (Å²) in [6.45, 7) is 0.391. The molecule has 0 unspecified atom stereocenters. The first-order valence-electron chi connectivity index (χ1n) is 4.52. The molecule has 0 saturated carbocycles. The molecule has 1 aromatic carbocycles. The van der Waals surface area contributed by atoms with Crippen molar-refractivity contribution >= 4 is 23.2 Å². The fourth-order valence-corrected chi connectivity index (χ4v) is 1.25. The summed E-state index contributed by atoms with van der Waals surface area (Å²) in [6.07, 6.45) is 5.00. The number of carbonyl (C=O) groups excluding carboxylic acids is 1. The van der Waals surface area contributed by atoms with Gasteiger partial charge in [0.05, 0.1) is 23.8 Å². The van der Waals surface area contributed by atoms with Crippen molar-refractivity contribution in [2.45, 2.75) is 0 Å². The van der Waals surface area contributed by atoms with Crippen LogP contribution < -0.4 is 10.6 Å². The number of hydrogen-bond acceptors (Lipinski definition) is 2. The second-order valence-corrected chi connectivity index (χ2v) is 3.39. The first-order valence-corrected chi connectivity index (χ1v) is 4.90. The zero-order valence-corrected chi connectivity index (χ0v) is 9.14. The monoisotopic (exact) mass is 240 g/mol. The number of rotatable bonds is 4. The van der Waals surface area contributed by atoms with E-state index in [1.807, 2.05) is 0 Å². The van der Waals surface area contributed by atoms with Crippen LogP contribution in [0.4, 0.5) is 10.1 Å². The normalized spacial score (nSPS) is 9.56. The molecular weight excluding hydrogens is 231 g/mol. The molecule has 0 saturated heterocycles. The van der Waals surface area contributed by atoms with Crippen molar-refractivity contribution in [3.8, 4) is 12.3 Å². The molecule has 0 fully saturated rings. The maximum atomic E-state index is 12.7. The Morgan fingerprint density at radius 2 is 2.31 bits per heavy atom. The highest BCUT2D eigenvalue weighted by molar-refractivity contribution is 6.33. The lowest BCUT2D eigenvalue weighted by atomic mass is 10.3. The van der Waals surface area contributed by atoms with Gasteiger partial charge in [-0.25, -0.2) is 4.39 Å². The zero-order valence-electron chi connectivity index (χ0n) is 8.39. The number of amides is 1. The Morgan fingerprint density at radius 3 is 2.94 bits per heavy atom. The second-order valence-electron chi connectivity index (χ2n) is 2.98. The summed E-state index contributed by atoms with van der Waals surface area (Å²) in [7, 11) is 0. The van der Waals surface area contributed by atoms with Crippen LogP contribution in [0.15, 0.2) is 18.2 Å². The summed E-state index contributed by atoms with van der Waals surface area (Å²) in [5, 5.41) is 5.41. The molecule has 0 bridgehead atoms. The van der Waals surface area contributed by atoms with Gasteiger partial charge >= 0.3 is 0 Å². The number of terminal acetylenes is 1. The van der Waals surface area contributed by atoms with Crippen LogP contribution in [0.25, 0.3) is 0 Å². The Bertz CT molecular complexity index is 428. The predicted octanol–water partition coefficient (Wildman–Crippen LogP) is 1.64. The fraction of sp³-hybridized carbons (Fsp3) is 0.182. The highest BCUT2D eigenvalue weighted by Crippen LogP contribution is 2.21. The van der Waals surface area contributed by atoms with Crippen LogP contribution in [0.2, 0.25) is 5.02 Å². The number of halogens is 2. The largest absolute Gasteiger partial charge is 0.324 e. The van der Waals surface area contributed by atoms with Gasteiger partial charge in [0.2, 0.25) is 5.91 Å². The fourth-order valence-electron chi connectivity index (χ4n) is 1.03. The number of nitrogens with one attached hydrogen (secondary N) is 2. The lowest BCUT2D eigenvalue weighted by molar-refractivity contribution is -0.115. The summed E-state index contributed by atoms with van der Waals surface area (Å²) in [5.41, 5.74) is 0.371. The van der Waals surface area contributed by atoms with Crippen LogP contribution in [-0.4, -0.2) is 19.0 Å². The third-order valence-electron chi connectivity index (χ3n) is 1.72. The minimum absolute atomic E-state index is 0.0813. The summed E-state index contributed by atoms with van der Waals surface area (Å²) in [4.78, 5) is 11.3. The Kier molecular flexibility index (Phi) is 4.77. The maximum absolute atomic E-state index is 12.7. The Morgan fingerprint density at radius 1 is 1.56 bits per heavy atom. The Balaban J connectivity index is 2.53. The van der Waals surface area contributed by atoms with Crippen LogP contribution >= 0.6 is 11.6 Å². The summed E-state index contributed by atoms with van der Waals surface area (Å²) < 4.78 is 12.7. The highest BCUT2D eigenvalue weighted by atomic mass is 35.5. The molecule has 0 aliphatic rings. The van der Waals surface area contributed by atoms with E-state index in [2.05, 4.69) is 16.6 Å². The quantitative estimate of drug-likeness (QED) is 0.621. The van der Waals surface area contributed by atoms with Gasteiger partial charge in [-0.05, 0) is 18.2 Å². The van der Waals surface area contributed by atoms with E-state index in [4.69, 9.17) is 18.0 Å². The van der Waals surface area contributed by atoms with Gasteiger partial charge in [0, 0.05) is 0 Å². The highest BCUT2D eigenvalue weighted by Gasteiger charge is 2.05. The van der Waals surface area contributed by atoms with Crippen molar-refractivity contribution in [1.82, 2.24) is 5.32 Å². The molecule has 0 aliphatic heterocycles. The average molecular weight is 241 g/mol. The van der Waals surface area contributed by atoms with Gasteiger partial charge in [-0.3, -0.25) is 10.1 Å². The van der Waals surface area contributed by atoms with Gasteiger partial charge in [0.25, 0.3) is 0 Å². The minimum Gasteiger partial charge on any atom is -0.324 e. The van der Waals surface area contributed by atoms with Crippen molar-refractivity contribution < 1.29 is 9.18 Å². The summed E-state index contributed by atoms with van der Waals surface area (Å²) >= 11 is 5.73. The third-order valence-corrected chi connectivity index (χ3v) is 2.03. The zero-order chi connectivity index (χ0) is 12.0. The molecule has 3 nitrogen and oxygen atoms in total. The molecule has 0 radical (unpaired) electrons. The van der Waals surface area contributed by atoms with E-state index in [1.54, 1.807) is 0 Å². The smallest absolute Gasteiger partial charge is 0.238 e. The number of carbonyl (C=O) groups is 1. The first kappa shape index (κ1) is 12.5. The molecule has 0 spiro atoms. The Labute approximate surface area is 98.0 Å².